The van der Waals surface area contributed by atoms with Gasteiger partial charge in [0.2, 0.25) is 0 Å². The largest absolute Gasteiger partial charge is 0.310 e. The third-order valence-corrected chi connectivity index (χ3v) is 2.53. The van der Waals surface area contributed by atoms with Crippen molar-refractivity contribution in [1.29, 1.82) is 0 Å². The Labute approximate surface area is 99.7 Å². The third kappa shape index (κ3) is 5.19. The summed E-state index contributed by atoms with van der Waals surface area (Å²) in [5.74, 6) is 0. The molecule has 15 heavy (non-hydrogen) atoms. The molecule has 0 aliphatic rings. The van der Waals surface area contributed by atoms with Crippen LogP contribution in [0.1, 0.15) is 44.7 Å². The molecule has 0 fully saturated rings. The highest BCUT2D eigenvalue weighted by molar-refractivity contribution is 5.85. The molecule has 0 aliphatic carbocycles. The van der Waals surface area contributed by atoms with Crippen molar-refractivity contribution in [1.82, 2.24) is 5.32 Å². The minimum atomic E-state index is 0. The Balaban J connectivity index is 0.00000196. The highest BCUT2D eigenvalue weighted by atomic mass is 35.5. The number of hydrogen-bond acceptors (Lipinski definition) is 1. The molecule has 86 valence electrons. The maximum Gasteiger partial charge on any atom is 0.0317 e. The Bertz CT molecular complexity index is 236. The van der Waals surface area contributed by atoms with Gasteiger partial charge in [-0.2, -0.15) is 0 Å². The second-order valence-electron chi connectivity index (χ2n) is 3.68. The van der Waals surface area contributed by atoms with Gasteiger partial charge in [0.25, 0.3) is 0 Å². The number of rotatable bonds is 6. The van der Waals surface area contributed by atoms with Crippen LogP contribution in [0.25, 0.3) is 0 Å². The first kappa shape index (κ1) is 14.5. The second-order valence-corrected chi connectivity index (χ2v) is 3.68. The van der Waals surface area contributed by atoms with Crippen LogP contribution in [-0.2, 0) is 0 Å². The van der Waals surface area contributed by atoms with E-state index in [4.69, 9.17) is 0 Å². The van der Waals surface area contributed by atoms with E-state index in [2.05, 4.69) is 49.5 Å². The van der Waals surface area contributed by atoms with Crippen molar-refractivity contribution in [2.45, 2.75) is 39.2 Å². The van der Waals surface area contributed by atoms with Gasteiger partial charge in [-0.15, -0.1) is 12.4 Å². The molecule has 1 atom stereocenters. The lowest BCUT2D eigenvalue weighted by Gasteiger charge is -2.16. The normalized spacial score (nSPS) is 11.9. The lowest BCUT2D eigenvalue weighted by molar-refractivity contribution is 0.508. The lowest BCUT2D eigenvalue weighted by Crippen LogP contribution is -2.21. The topological polar surface area (TPSA) is 12.0 Å². The maximum atomic E-state index is 3.59. The summed E-state index contributed by atoms with van der Waals surface area (Å²) < 4.78 is 0. The van der Waals surface area contributed by atoms with E-state index < -0.39 is 0 Å². The predicted molar refractivity (Wildman–Crippen MR) is 69.6 cm³/mol. The first-order valence-corrected chi connectivity index (χ1v) is 5.66. The Kier molecular flexibility index (Phi) is 8.44. The quantitative estimate of drug-likeness (QED) is 0.726. The molecule has 0 aromatic heterocycles. The molecular weight excluding hydrogens is 206 g/mol. The SMILES string of the molecule is CCCCNC(CC)c1ccccc1.Cl. The fourth-order valence-corrected chi connectivity index (χ4v) is 1.64. The molecule has 2 heteroatoms. The number of benzene rings is 1. The summed E-state index contributed by atoms with van der Waals surface area (Å²) in [5.41, 5.74) is 1.41. The summed E-state index contributed by atoms with van der Waals surface area (Å²) >= 11 is 0. The van der Waals surface area contributed by atoms with Crippen molar-refractivity contribution >= 4 is 12.4 Å². The van der Waals surface area contributed by atoms with Crippen molar-refractivity contribution in [3.63, 3.8) is 0 Å². The molecule has 0 aliphatic heterocycles. The van der Waals surface area contributed by atoms with E-state index in [9.17, 15) is 0 Å². The zero-order chi connectivity index (χ0) is 10.2. The van der Waals surface area contributed by atoms with E-state index >= 15 is 0 Å². The lowest BCUT2D eigenvalue weighted by atomic mass is 10.0. The van der Waals surface area contributed by atoms with Gasteiger partial charge in [0.05, 0.1) is 0 Å². The average Bonchev–Trinajstić information content (AvgIpc) is 2.26. The Morgan fingerprint density at radius 2 is 1.80 bits per heavy atom. The van der Waals surface area contributed by atoms with Gasteiger partial charge in [0.15, 0.2) is 0 Å². The van der Waals surface area contributed by atoms with Crippen LogP contribution in [0.2, 0.25) is 0 Å². The van der Waals surface area contributed by atoms with Crippen LogP contribution < -0.4 is 5.32 Å². The van der Waals surface area contributed by atoms with Crippen molar-refractivity contribution in [3.8, 4) is 0 Å². The number of hydrogen-bond donors (Lipinski definition) is 1. The van der Waals surface area contributed by atoms with Gasteiger partial charge in [0, 0.05) is 6.04 Å². The van der Waals surface area contributed by atoms with E-state index in [0.717, 1.165) is 13.0 Å². The summed E-state index contributed by atoms with van der Waals surface area (Å²) in [6.45, 7) is 5.59. The molecule has 0 bridgehead atoms. The van der Waals surface area contributed by atoms with Gasteiger partial charge >= 0.3 is 0 Å². The van der Waals surface area contributed by atoms with Gasteiger partial charge in [-0.3, -0.25) is 0 Å². The molecule has 1 aromatic carbocycles. The Hall–Kier alpha value is -0.530. The van der Waals surface area contributed by atoms with Gasteiger partial charge in [-0.05, 0) is 24.9 Å². The van der Waals surface area contributed by atoms with Gasteiger partial charge < -0.3 is 5.32 Å². The van der Waals surface area contributed by atoms with Gasteiger partial charge in [0.1, 0.15) is 0 Å². The van der Waals surface area contributed by atoms with Crippen LogP contribution in [0, 0.1) is 0 Å². The molecule has 0 saturated carbocycles. The summed E-state index contributed by atoms with van der Waals surface area (Å²) in [5, 5.41) is 3.59. The molecular formula is C13H22ClN. The molecule has 0 heterocycles. The third-order valence-electron chi connectivity index (χ3n) is 2.53. The molecule has 1 N–H and O–H groups in total. The molecule has 0 amide bonds. The first-order chi connectivity index (χ1) is 6.88. The molecule has 1 rings (SSSR count). The van der Waals surface area contributed by atoms with Gasteiger partial charge in [-0.25, -0.2) is 0 Å². The van der Waals surface area contributed by atoms with Gasteiger partial charge in [-0.1, -0.05) is 50.6 Å². The zero-order valence-electron chi connectivity index (χ0n) is 9.70. The molecule has 0 radical (unpaired) electrons. The fourth-order valence-electron chi connectivity index (χ4n) is 1.64. The second kappa shape index (κ2) is 8.75. The molecule has 0 spiro atoms. The monoisotopic (exact) mass is 227 g/mol. The highest BCUT2D eigenvalue weighted by Crippen LogP contribution is 2.15. The fraction of sp³-hybridized carbons (Fsp3) is 0.538. The standard InChI is InChI=1S/C13H21N.ClH/c1-3-5-11-14-13(4-2)12-9-7-6-8-10-12;/h6-10,13-14H,3-5,11H2,1-2H3;1H. The Morgan fingerprint density at radius 1 is 1.13 bits per heavy atom. The molecule has 1 unspecified atom stereocenters. The van der Waals surface area contributed by atoms with Crippen LogP contribution >= 0.6 is 12.4 Å². The summed E-state index contributed by atoms with van der Waals surface area (Å²) in [6, 6.07) is 11.2. The summed E-state index contributed by atoms with van der Waals surface area (Å²) in [6.07, 6.45) is 3.69. The maximum absolute atomic E-state index is 3.59. The van der Waals surface area contributed by atoms with E-state index in [1.165, 1.54) is 18.4 Å². The summed E-state index contributed by atoms with van der Waals surface area (Å²) in [7, 11) is 0. The van der Waals surface area contributed by atoms with Crippen LogP contribution in [0.3, 0.4) is 0 Å². The van der Waals surface area contributed by atoms with E-state index in [1.54, 1.807) is 0 Å². The predicted octanol–water partition coefficient (Wildman–Crippen LogP) is 3.95. The zero-order valence-corrected chi connectivity index (χ0v) is 10.5. The summed E-state index contributed by atoms with van der Waals surface area (Å²) in [4.78, 5) is 0. The van der Waals surface area contributed by atoms with Crippen LogP contribution in [0.4, 0.5) is 0 Å². The van der Waals surface area contributed by atoms with Crippen molar-refractivity contribution in [2.75, 3.05) is 6.54 Å². The van der Waals surface area contributed by atoms with Crippen molar-refractivity contribution in [3.05, 3.63) is 35.9 Å². The smallest absolute Gasteiger partial charge is 0.0317 e. The number of unbranched alkanes of at least 4 members (excludes halogenated alkanes) is 1. The van der Waals surface area contributed by atoms with E-state index in [1.807, 2.05) is 0 Å². The number of nitrogens with one attached hydrogen (secondary N) is 1. The highest BCUT2D eigenvalue weighted by Gasteiger charge is 2.06. The van der Waals surface area contributed by atoms with Crippen LogP contribution in [-0.4, -0.2) is 6.54 Å². The van der Waals surface area contributed by atoms with Crippen molar-refractivity contribution in [2.24, 2.45) is 0 Å². The minimum Gasteiger partial charge on any atom is -0.310 e. The average molecular weight is 228 g/mol. The number of halogens is 1. The van der Waals surface area contributed by atoms with Crippen molar-refractivity contribution < 1.29 is 0 Å². The molecule has 1 nitrogen and oxygen atoms in total. The minimum absolute atomic E-state index is 0. The molecule has 0 saturated heterocycles. The first-order valence-electron chi connectivity index (χ1n) is 5.66. The van der Waals surface area contributed by atoms with E-state index in [0.29, 0.717) is 6.04 Å². The Morgan fingerprint density at radius 3 is 2.33 bits per heavy atom. The van der Waals surface area contributed by atoms with Crippen LogP contribution in [0.5, 0.6) is 0 Å². The van der Waals surface area contributed by atoms with Crippen LogP contribution in [0.15, 0.2) is 30.3 Å². The van der Waals surface area contributed by atoms with E-state index in [-0.39, 0.29) is 12.4 Å². The molecule has 1 aromatic rings.